The SMILES string of the molecule is S=C(Nc1nnc(-c2ccccc2)s1)OCc1ccccc1. The Bertz CT molecular complexity index is 744. The molecule has 0 amide bonds. The van der Waals surface area contributed by atoms with Crippen LogP contribution in [-0.4, -0.2) is 15.4 Å². The van der Waals surface area contributed by atoms with Crippen molar-refractivity contribution >= 4 is 33.9 Å². The number of aromatic nitrogens is 2. The first-order chi connectivity index (χ1) is 10.8. The summed E-state index contributed by atoms with van der Waals surface area (Å²) in [5.41, 5.74) is 2.10. The van der Waals surface area contributed by atoms with Gasteiger partial charge in [-0.1, -0.05) is 72.0 Å². The van der Waals surface area contributed by atoms with Crippen LogP contribution in [0.1, 0.15) is 5.56 Å². The maximum atomic E-state index is 5.51. The lowest BCUT2D eigenvalue weighted by Gasteiger charge is -2.07. The molecule has 3 rings (SSSR count). The summed E-state index contributed by atoms with van der Waals surface area (Å²) in [5.74, 6) is 0. The number of anilines is 1. The van der Waals surface area contributed by atoms with E-state index in [-0.39, 0.29) is 0 Å². The van der Waals surface area contributed by atoms with Crippen molar-refractivity contribution in [3.63, 3.8) is 0 Å². The molecule has 0 radical (unpaired) electrons. The molecule has 0 aliphatic rings. The maximum Gasteiger partial charge on any atom is 0.263 e. The highest BCUT2D eigenvalue weighted by Crippen LogP contribution is 2.25. The van der Waals surface area contributed by atoms with Gasteiger partial charge in [0.1, 0.15) is 11.6 Å². The highest BCUT2D eigenvalue weighted by molar-refractivity contribution is 7.80. The summed E-state index contributed by atoms with van der Waals surface area (Å²) in [6.45, 7) is 0.428. The molecule has 22 heavy (non-hydrogen) atoms. The summed E-state index contributed by atoms with van der Waals surface area (Å²) >= 11 is 6.60. The summed E-state index contributed by atoms with van der Waals surface area (Å²) in [4.78, 5) is 0. The zero-order valence-electron chi connectivity index (χ0n) is 11.6. The first-order valence-electron chi connectivity index (χ1n) is 6.68. The molecule has 2 aromatic carbocycles. The van der Waals surface area contributed by atoms with E-state index in [4.69, 9.17) is 17.0 Å². The van der Waals surface area contributed by atoms with E-state index in [2.05, 4.69) is 15.5 Å². The minimum absolute atomic E-state index is 0.291. The van der Waals surface area contributed by atoms with Crippen molar-refractivity contribution in [3.05, 3.63) is 66.2 Å². The van der Waals surface area contributed by atoms with Crippen LogP contribution in [-0.2, 0) is 11.3 Å². The van der Waals surface area contributed by atoms with Crippen molar-refractivity contribution < 1.29 is 4.74 Å². The van der Waals surface area contributed by atoms with Crippen LogP contribution < -0.4 is 5.32 Å². The van der Waals surface area contributed by atoms with Crippen LogP contribution in [0.15, 0.2) is 60.7 Å². The summed E-state index contributed by atoms with van der Waals surface area (Å²) in [6, 6.07) is 19.8. The third-order valence-corrected chi connectivity index (χ3v) is 3.98. The van der Waals surface area contributed by atoms with E-state index < -0.39 is 0 Å². The molecular weight excluding hydrogens is 314 g/mol. The molecule has 0 aliphatic heterocycles. The van der Waals surface area contributed by atoms with Gasteiger partial charge in [0.25, 0.3) is 5.17 Å². The zero-order valence-corrected chi connectivity index (χ0v) is 13.2. The number of hydrogen-bond donors (Lipinski definition) is 1. The van der Waals surface area contributed by atoms with Gasteiger partial charge in [0, 0.05) is 5.56 Å². The normalized spacial score (nSPS) is 10.2. The fourth-order valence-electron chi connectivity index (χ4n) is 1.82. The van der Waals surface area contributed by atoms with Crippen LogP contribution in [0.4, 0.5) is 5.13 Å². The predicted octanol–water partition coefficient (Wildman–Crippen LogP) is 4.12. The third-order valence-electron chi connectivity index (χ3n) is 2.87. The van der Waals surface area contributed by atoms with Crippen molar-refractivity contribution in [2.24, 2.45) is 0 Å². The molecule has 0 unspecified atom stereocenters. The Labute approximate surface area is 137 Å². The van der Waals surface area contributed by atoms with Gasteiger partial charge >= 0.3 is 0 Å². The van der Waals surface area contributed by atoms with Gasteiger partial charge in [-0.3, -0.25) is 5.32 Å². The van der Waals surface area contributed by atoms with Crippen molar-refractivity contribution in [1.29, 1.82) is 0 Å². The van der Waals surface area contributed by atoms with Crippen LogP contribution in [0.3, 0.4) is 0 Å². The van der Waals surface area contributed by atoms with Crippen molar-refractivity contribution in [2.45, 2.75) is 6.61 Å². The molecule has 0 saturated carbocycles. The number of nitrogens with one attached hydrogen (secondary N) is 1. The Hall–Kier alpha value is -2.31. The number of ether oxygens (including phenoxy) is 1. The second kappa shape index (κ2) is 7.11. The Morgan fingerprint density at radius 1 is 1.00 bits per heavy atom. The number of thiocarbonyl (C=S) groups is 1. The van der Waals surface area contributed by atoms with Gasteiger partial charge in [-0.2, -0.15) is 0 Å². The van der Waals surface area contributed by atoms with E-state index in [1.54, 1.807) is 0 Å². The van der Waals surface area contributed by atoms with Crippen LogP contribution >= 0.6 is 23.6 Å². The molecule has 1 aromatic heterocycles. The molecule has 0 spiro atoms. The van der Waals surface area contributed by atoms with E-state index in [1.807, 2.05) is 60.7 Å². The zero-order chi connectivity index (χ0) is 15.2. The molecule has 0 fully saturated rings. The monoisotopic (exact) mass is 327 g/mol. The largest absolute Gasteiger partial charge is 0.466 e. The molecule has 1 heterocycles. The molecular formula is C16H13N3OS2. The summed E-state index contributed by atoms with van der Waals surface area (Å²) in [7, 11) is 0. The first-order valence-corrected chi connectivity index (χ1v) is 7.90. The van der Waals surface area contributed by atoms with E-state index in [9.17, 15) is 0 Å². The lowest BCUT2D eigenvalue weighted by Crippen LogP contribution is -2.12. The van der Waals surface area contributed by atoms with Crippen molar-refractivity contribution in [3.8, 4) is 10.6 Å². The number of rotatable bonds is 4. The van der Waals surface area contributed by atoms with E-state index in [0.717, 1.165) is 16.1 Å². The van der Waals surface area contributed by atoms with Gasteiger partial charge in [-0.15, -0.1) is 10.2 Å². The highest BCUT2D eigenvalue weighted by atomic mass is 32.1. The molecule has 0 aliphatic carbocycles. The third kappa shape index (κ3) is 3.87. The average molecular weight is 327 g/mol. The number of nitrogens with zero attached hydrogens (tertiary/aromatic N) is 2. The Morgan fingerprint density at radius 2 is 1.68 bits per heavy atom. The summed E-state index contributed by atoms with van der Waals surface area (Å²) in [6.07, 6.45) is 0. The predicted molar refractivity (Wildman–Crippen MR) is 92.8 cm³/mol. The quantitative estimate of drug-likeness (QED) is 0.731. The molecule has 3 aromatic rings. The smallest absolute Gasteiger partial charge is 0.263 e. The van der Waals surface area contributed by atoms with Crippen LogP contribution in [0.25, 0.3) is 10.6 Å². The highest BCUT2D eigenvalue weighted by Gasteiger charge is 2.08. The minimum atomic E-state index is 0.291. The van der Waals surface area contributed by atoms with E-state index in [1.165, 1.54) is 11.3 Å². The summed E-state index contributed by atoms with van der Waals surface area (Å²) in [5, 5.41) is 12.9. The fraction of sp³-hybridized carbons (Fsp3) is 0.0625. The first kappa shape index (κ1) is 14.6. The Balaban J connectivity index is 1.57. The van der Waals surface area contributed by atoms with Crippen LogP contribution in [0, 0.1) is 0 Å². The van der Waals surface area contributed by atoms with Gasteiger partial charge in [-0.05, 0) is 17.8 Å². The lowest BCUT2D eigenvalue weighted by molar-refractivity contribution is 0.300. The molecule has 4 nitrogen and oxygen atoms in total. The van der Waals surface area contributed by atoms with E-state index in [0.29, 0.717) is 16.9 Å². The maximum absolute atomic E-state index is 5.51. The molecule has 6 heteroatoms. The second-order valence-corrected chi connectivity index (χ2v) is 5.81. The molecule has 0 atom stereocenters. The molecule has 110 valence electrons. The molecule has 0 bridgehead atoms. The minimum Gasteiger partial charge on any atom is -0.466 e. The lowest BCUT2D eigenvalue weighted by atomic mass is 10.2. The molecule has 0 saturated heterocycles. The van der Waals surface area contributed by atoms with Crippen LogP contribution in [0.2, 0.25) is 0 Å². The fourth-order valence-corrected chi connectivity index (χ4v) is 2.78. The van der Waals surface area contributed by atoms with Gasteiger partial charge in [-0.25, -0.2) is 0 Å². The average Bonchev–Trinajstić information content (AvgIpc) is 3.03. The topological polar surface area (TPSA) is 47.0 Å². The second-order valence-electron chi connectivity index (χ2n) is 4.47. The Morgan fingerprint density at radius 3 is 2.41 bits per heavy atom. The van der Waals surface area contributed by atoms with Crippen molar-refractivity contribution in [1.82, 2.24) is 10.2 Å². The van der Waals surface area contributed by atoms with Crippen LogP contribution in [0.5, 0.6) is 0 Å². The number of benzene rings is 2. The van der Waals surface area contributed by atoms with Gasteiger partial charge in [0.15, 0.2) is 0 Å². The van der Waals surface area contributed by atoms with Gasteiger partial charge in [0.05, 0.1) is 0 Å². The standard InChI is InChI=1S/C16H13N3OS2/c21-16(20-11-12-7-3-1-4-8-12)17-15-19-18-14(22-15)13-9-5-2-6-10-13/h1-10H,11H2,(H,17,19,21). The summed E-state index contributed by atoms with van der Waals surface area (Å²) < 4.78 is 5.51. The van der Waals surface area contributed by atoms with Crippen molar-refractivity contribution in [2.75, 3.05) is 5.32 Å². The van der Waals surface area contributed by atoms with E-state index >= 15 is 0 Å². The Kier molecular flexibility index (Phi) is 4.72. The van der Waals surface area contributed by atoms with Gasteiger partial charge in [0.2, 0.25) is 5.13 Å². The van der Waals surface area contributed by atoms with Gasteiger partial charge < -0.3 is 4.74 Å². The molecule has 1 N–H and O–H groups in total. The number of hydrogen-bond acceptors (Lipinski definition) is 5.